The van der Waals surface area contributed by atoms with E-state index in [0.29, 0.717) is 16.0 Å². The second kappa shape index (κ2) is 6.18. The maximum absolute atomic E-state index is 12.6. The van der Waals surface area contributed by atoms with E-state index in [1.54, 1.807) is 0 Å². The molecule has 2 nitrogen and oxygen atoms in total. The van der Waals surface area contributed by atoms with E-state index in [0.717, 1.165) is 19.4 Å². The molecule has 0 saturated carbocycles. The smallest absolute Gasteiger partial charge is 0.228 e. The molecule has 0 aromatic heterocycles. The zero-order valence-electron chi connectivity index (χ0n) is 13.1. The number of carbonyl (C=O) groups excluding carboxylic acids is 1. The van der Waals surface area contributed by atoms with Gasteiger partial charge < -0.3 is 4.90 Å². The van der Waals surface area contributed by atoms with Gasteiger partial charge in [0.15, 0.2) is 0 Å². The normalized spacial score (nSPS) is 23.2. The van der Waals surface area contributed by atoms with Crippen molar-refractivity contribution in [3.8, 4) is 0 Å². The van der Waals surface area contributed by atoms with Crippen molar-refractivity contribution in [3.63, 3.8) is 0 Å². The Labute approximate surface area is 137 Å². The second-order valence-corrected chi connectivity index (χ2v) is 7.73. The fourth-order valence-electron chi connectivity index (χ4n) is 3.05. The van der Waals surface area contributed by atoms with Crippen molar-refractivity contribution in [1.29, 1.82) is 0 Å². The van der Waals surface area contributed by atoms with Gasteiger partial charge in [-0.2, -0.15) is 0 Å². The molecule has 2 atom stereocenters. The van der Waals surface area contributed by atoms with Crippen molar-refractivity contribution >= 4 is 29.1 Å². The van der Waals surface area contributed by atoms with Crippen LogP contribution in [0.15, 0.2) is 18.2 Å². The van der Waals surface area contributed by atoms with Crippen molar-refractivity contribution in [1.82, 2.24) is 4.90 Å². The SMILES string of the molecule is C[C@@H]1[C@H](c2ccc(Cl)c(Cl)c2)CCCN1C(=O)C(C)(C)C. The number of amides is 1. The highest BCUT2D eigenvalue weighted by atomic mass is 35.5. The molecule has 0 spiro atoms. The minimum atomic E-state index is -0.339. The van der Waals surface area contributed by atoms with E-state index in [9.17, 15) is 4.79 Å². The predicted molar refractivity (Wildman–Crippen MR) is 89.1 cm³/mol. The van der Waals surface area contributed by atoms with Crippen LogP contribution in [-0.2, 0) is 4.79 Å². The number of carbonyl (C=O) groups is 1. The van der Waals surface area contributed by atoms with Gasteiger partial charge in [0.2, 0.25) is 5.91 Å². The van der Waals surface area contributed by atoms with Gasteiger partial charge in [0.25, 0.3) is 0 Å². The maximum atomic E-state index is 12.6. The molecule has 1 fully saturated rings. The number of piperidine rings is 1. The molecule has 1 saturated heterocycles. The van der Waals surface area contributed by atoms with Crippen LogP contribution in [0.5, 0.6) is 0 Å². The standard InChI is InChI=1S/C17H23Cl2NO/c1-11-13(12-7-8-14(18)15(19)10-12)6-5-9-20(11)16(21)17(2,3)4/h7-8,10-11,13H,5-6,9H2,1-4H3/t11-,13-/m1/s1. The van der Waals surface area contributed by atoms with Crippen LogP contribution in [0.25, 0.3) is 0 Å². The molecule has 0 bridgehead atoms. The third kappa shape index (κ3) is 3.54. The molecule has 0 aliphatic carbocycles. The first-order chi connectivity index (χ1) is 9.71. The molecule has 2 rings (SSSR count). The van der Waals surface area contributed by atoms with Crippen molar-refractivity contribution in [3.05, 3.63) is 33.8 Å². The predicted octanol–water partition coefficient (Wildman–Crippen LogP) is 5.13. The Morgan fingerprint density at radius 1 is 1.24 bits per heavy atom. The average Bonchev–Trinajstić information content (AvgIpc) is 2.40. The summed E-state index contributed by atoms with van der Waals surface area (Å²) in [6, 6.07) is 6.00. The van der Waals surface area contributed by atoms with Gasteiger partial charge in [-0.3, -0.25) is 4.79 Å². The quantitative estimate of drug-likeness (QED) is 0.699. The maximum Gasteiger partial charge on any atom is 0.228 e. The van der Waals surface area contributed by atoms with Crippen molar-refractivity contribution in [2.45, 2.75) is 52.5 Å². The van der Waals surface area contributed by atoms with Crippen LogP contribution in [0.3, 0.4) is 0 Å². The number of nitrogens with zero attached hydrogens (tertiary/aromatic N) is 1. The summed E-state index contributed by atoms with van der Waals surface area (Å²) in [5, 5.41) is 1.16. The van der Waals surface area contributed by atoms with Gasteiger partial charge in [-0.05, 0) is 37.5 Å². The van der Waals surface area contributed by atoms with E-state index >= 15 is 0 Å². The second-order valence-electron chi connectivity index (χ2n) is 6.91. The number of hydrogen-bond donors (Lipinski definition) is 0. The van der Waals surface area contributed by atoms with Crippen molar-refractivity contribution < 1.29 is 4.79 Å². The zero-order valence-corrected chi connectivity index (χ0v) is 14.6. The first-order valence-electron chi connectivity index (χ1n) is 7.48. The highest BCUT2D eigenvalue weighted by Crippen LogP contribution is 2.36. The summed E-state index contributed by atoms with van der Waals surface area (Å²) in [5.41, 5.74) is 0.830. The summed E-state index contributed by atoms with van der Waals surface area (Å²) in [7, 11) is 0. The zero-order chi connectivity index (χ0) is 15.8. The highest BCUT2D eigenvalue weighted by molar-refractivity contribution is 6.42. The van der Waals surface area contributed by atoms with E-state index in [1.165, 1.54) is 5.56 Å². The van der Waals surface area contributed by atoms with E-state index < -0.39 is 0 Å². The van der Waals surface area contributed by atoms with Gasteiger partial charge in [-0.1, -0.05) is 50.0 Å². The number of rotatable bonds is 1. The summed E-state index contributed by atoms with van der Waals surface area (Å²) in [5.74, 6) is 0.541. The third-order valence-corrected chi connectivity index (χ3v) is 5.00. The monoisotopic (exact) mass is 327 g/mol. The fourth-order valence-corrected chi connectivity index (χ4v) is 3.36. The Morgan fingerprint density at radius 3 is 2.48 bits per heavy atom. The molecule has 0 radical (unpaired) electrons. The Balaban J connectivity index is 2.25. The molecule has 1 amide bonds. The first kappa shape index (κ1) is 16.6. The number of likely N-dealkylation sites (tertiary alicyclic amines) is 1. The van der Waals surface area contributed by atoms with E-state index in [2.05, 4.69) is 6.92 Å². The number of hydrogen-bond acceptors (Lipinski definition) is 1. The van der Waals surface area contributed by atoms with E-state index in [4.69, 9.17) is 23.2 Å². The first-order valence-corrected chi connectivity index (χ1v) is 8.23. The molecule has 21 heavy (non-hydrogen) atoms. The average molecular weight is 328 g/mol. The third-order valence-electron chi connectivity index (χ3n) is 4.26. The number of benzene rings is 1. The van der Waals surface area contributed by atoms with E-state index in [1.807, 2.05) is 43.9 Å². The van der Waals surface area contributed by atoms with Gasteiger partial charge in [0, 0.05) is 23.9 Å². The molecule has 1 aromatic rings. The highest BCUT2D eigenvalue weighted by Gasteiger charge is 2.36. The molecular weight excluding hydrogens is 305 g/mol. The summed E-state index contributed by atoms with van der Waals surface area (Å²) in [4.78, 5) is 14.6. The van der Waals surface area contributed by atoms with Crippen LogP contribution in [0, 0.1) is 5.41 Å². The molecule has 0 unspecified atom stereocenters. The molecule has 1 heterocycles. The van der Waals surface area contributed by atoms with Gasteiger partial charge in [-0.15, -0.1) is 0 Å². The lowest BCUT2D eigenvalue weighted by Crippen LogP contribution is -2.50. The molecule has 116 valence electrons. The lowest BCUT2D eigenvalue weighted by Gasteiger charge is -2.42. The lowest BCUT2D eigenvalue weighted by molar-refractivity contribution is -0.143. The Bertz CT molecular complexity index is 536. The fraction of sp³-hybridized carbons (Fsp3) is 0.588. The van der Waals surface area contributed by atoms with Crippen LogP contribution in [-0.4, -0.2) is 23.4 Å². The van der Waals surface area contributed by atoms with Crippen molar-refractivity contribution in [2.24, 2.45) is 5.41 Å². The topological polar surface area (TPSA) is 20.3 Å². The summed E-state index contributed by atoms with van der Waals surface area (Å²) in [6.07, 6.45) is 2.10. The Kier molecular flexibility index (Phi) is 4.89. The lowest BCUT2D eigenvalue weighted by atomic mass is 9.82. The Morgan fingerprint density at radius 2 is 1.90 bits per heavy atom. The summed E-state index contributed by atoms with van der Waals surface area (Å²) < 4.78 is 0. The molecule has 1 aliphatic heterocycles. The molecule has 1 aliphatic rings. The van der Waals surface area contributed by atoms with Gasteiger partial charge in [0.1, 0.15) is 0 Å². The van der Waals surface area contributed by atoms with E-state index in [-0.39, 0.29) is 17.4 Å². The molecule has 4 heteroatoms. The molecule has 1 aromatic carbocycles. The van der Waals surface area contributed by atoms with Crippen LogP contribution in [0.2, 0.25) is 10.0 Å². The summed E-state index contributed by atoms with van der Waals surface area (Å²) >= 11 is 12.1. The van der Waals surface area contributed by atoms with Crippen LogP contribution < -0.4 is 0 Å². The van der Waals surface area contributed by atoms with Gasteiger partial charge in [0.05, 0.1) is 10.0 Å². The minimum Gasteiger partial charge on any atom is -0.339 e. The van der Waals surface area contributed by atoms with Gasteiger partial charge in [-0.25, -0.2) is 0 Å². The molecular formula is C17H23Cl2NO. The largest absolute Gasteiger partial charge is 0.339 e. The number of halogens is 2. The van der Waals surface area contributed by atoms with Crippen LogP contribution in [0.1, 0.15) is 52.0 Å². The van der Waals surface area contributed by atoms with Crippen molar-refractivity contribution in [2.75, 3.05) is 6.54 Å². The minimum absolute atomic E-state index is 0.183. The van der Waals surface area contributed by atoms with Gasteiger partial charge >= 0.3 is 0 Å². The van der Waals surface area contributed by atoms with Crippen LogP contribution in [0.4, 0.5) is 0 Å². The Hall–Kier alpha value is -0.730. The van der Waals surface area contributed by atoms with Crippen LogP contribution >= 0.6 is 23.2 Å². The molecule has 0 N–H and O–H groups in total. The summed E-state index contributed by atoms with van der Waals surface area (Å²) in [6.45, 7) is 8.91.